The normalized spacial score (nSPS) is 12.8. The van der Waals surface area contributed by atoms with Gasteiger partial charge in [-0.1, -0.05) is 35.3 Å². The third-order valence-electron chi connectivity index (χ3n) is 3.67. The second kappa shape index (κ2) is 5.48. The van der Waals surface area contributed by atoms with E-state index >= 15 is 0 Å². The van der Waals surface area contributed by atoms with Gasteiger partial charge in [-0.15, -0.1) is 0 Å². The molecule has 1 atom stereocenters. The van der Waals surface area contributed by atoms with Crippen LogP contribution in [0.2, 0.25) is 10.0 Å². The van der Waals surface area contributed by atoms with Gasteiger partial charge in [0.1, 0.15) is 0 Å². The fourth-order valence-corrected chi connectivity index (χ4v) is 3.54. The Labute approximate surface area is 138 Å². The number of halogens is 2. The van der Waals surface area contributed by atoms with Crippen molar-refractivity contribution in [2.75, 3.05) is 0 Å². The highest BCUT2D eigenvalue weighted by Crippen LogP contribution is 2.31. The average molecular weight is 337 g/mol. The zero-order valence-corrected chi connectivity index (χ0v) is 14.0. The van der Waals surface area contributed by atoms with Crippen molar-refractivity contribution in [1.82, 2.24) is 9.55 Å². The van der Waals surface area contributed by atoms with Crippen LogP contribution < -0.4 is 0 Å². The molecule has 2 nitrogen and oxygen atoms in total. The second-order valence-electron chi connectivity index (χ2n) is 5.16. The van der Waals surface area contributed by atoms with E-state index in [2.05, 4.69) is 41.6 Å². The van der Waals surface area contributed by atoms with E-state index in [0.29, 0.717) is 14.8 Å². The smallest absolute Gasteiger partial charge is 0.178 e. The Morgan fingerprint density at radius 1 is 1.14 bits per heavy atom. The highest BCUT2D eigenvalue weighted by atomic mass is 35.5. The number of hydrogen-bond acceptors (Lipinski definition) is 1. The number of fused-ring (bicyclic) bond motifs is 1. The van der Waals surface area contributed by atoms with E-state index in [1.54, 1.807) is 6.07 Å². The Kier molecular flexibility index (Phi) is 3.82. The van der Waals surface area contributed by atoms with Crippen LogP contribution in [0.25, 0.3) is 11.0 Å². The zero-order chi connectivity index (χ0) is 15.1. The fraction of sp³-hybridized carbons (Fsp3) is 0.188. The molecule has 1 unspecified atom stereocenters. The van der Waals surface area contributed by atoms with Gasteiger partial charge in [-0.05, 0) is 61.5 Å². The zero-order valence-electron chi connectivity index (χ0n) is 11.7. The Hall–Kier alpha value is -1.29. The predicted octanol–water partition coefficient (Wildman–Crippen LogP) is 5.92. The molecule has 3 aromatic rings. The number of hydrogen-bond donors (Lipinski definition) is 1. The van der Waals surface area contributed by atoms with Crippen molar-refractivity contribution in [2.45, 2.75) is 19.9 Å². The Morgan fingerprint density at radius 2 is 1.90 bits per heavy atom. The summed E-state index contributed by atoms with van der Waals surface area (Å²) in [7, 11) is 0. The first kappa shape index (κ1) is 14.6. The third kappa shape index (κ3) is 2.61. The van der Waals surface area contributed by atoms with E-state index in [0.717, 1.165) is 16.6 Å². The third-order valence-corrected chi connectivity index (χ3v) is 4.53. The molecule has 0 radical (unpaired) electrons. The van der Waals surface area contributed by atoms with Crippen molar-refractivity contribution in [3.63, 3.8) is 0 Å². The van der Waals surface area contributed by atoms with Crippen LogP contribution in [0.3, 0.4) is 0 Å². The molecule has 0 spiro atoms. The van der Waals surface area contributed by atoms with Crippen molar-refractivity contribution < 1.29 is 0 Å². The summed E-state index contributed by atoms with van der Waals surface area (Å²) in [4.78, 5) is 3.26. The first-order chi connectivity index (χ1) is 9.97. The number of H-pyrrole nitrogens is 1. The molecule has 3 rings (SSSR count). The van der Waals surface area contributed by atoms with Crippen LogP contribution in [0.4, 0.5) is 0 Å². The van der Waals surface area contributed by atoms with Crippen LogP contribution in [-0.4, -0.2) is 9.55 Å². The van der Waals surface area contributed by atoms with Gasteiger partial charge >= 0.3 is 0 Å². The van der Waals surface area contributed by atoms with Crippen molar-refractivity contribution >= 4 is 46.5 Å². The molecular formula is C16H14Cl2N2S. The Bertz CT molecular complexity index is 880. The first-order valence-corrected chi connectivity index (χ1v) is 7.79. The van der Waals surface area contributed by atoms with Crippen LogP contribution in [0, 0.1) is 11.7 Å². The van der Waals surface area contributed by atoms with Crippen LogP contribution in [0.5, 0.6) is 0 Å². The summed E-state index contributed by atoms with van der Waals surface area (Å²) in [6.07, 6.45) is 0. The number of aromatic amines is 1. The second-order valence-corrected chi connectivity index (χ2v) is 6.39. The molecule has 0 aliphatic carbocycles. The molecule has 21 heavy (non-hydrogen) atoms. The Morgan fingerprint density at radius 3 is 2.62 bits per heavy atom. The topological polar surface area (TPSA) is 20.7 Å². The van der Waals surface area contributed by atoms with Gasteiger partial charge in [0.15, 0.2) is 4.77 Å². The largest absolute Gasteiger partial charge is 0.331 e. The molecule has 0 amide bonds. The van der Waals surface area contributed by atoms with Crippen LogP contribution in [0.1, 0.15) is 24.1 Å². The van der Waals surface area contributed by atoms with Gasteiger partial charge < -0.3 is 9.55 Å². The minimum absolute atomic E-state index is 0.0266. The SMILES string of the molecule is Cc1ccc2c(c1)[nH]c(=S)n2C(C)c1ccc(Cl)cc1Cl. The highest BCUT2D eigenvalue weighted by Gasteiger charge is 2.16. The van der Waals surface area contributed by atoms with Gasteiger partial charge in [0.25, 0.3) is 0 Å². The highest BCUT2D eigenvalue weighted by molar-refractivity contribution is 7.71. The number of aromatic nitrogens is 2. The summed E-state index contributed by atoms with van der Waals surface area (Å²) < 4.78 is 2.77. The summed E-state index contributed by atoms with van der Waals surface area (Å²) in [5.74, 6) is 0. The average Bonchev–Trinajstić information content (AvgIpc) is 2.73. The minimum Gasteiger partial charge on any atom is -0.331 e. The predicted molar refractivity (Wildman–Crippen MR) is 92.1 cm³/mol. The molecule has 1 aromatic heterocycles. The molecule has 1 N–H and O–H groups in total. The van der Waals surface area contributed by atoms with Gasteiger partial charge in [-0.25, -0.2) is 0 Å². The molecule has 0 saturated carbocycles. The molecule has 0 fully saturated rings. The van der Waals surface area contributed by atoms with Crippen LogP contribution >= 0.6 is 35.4 Å². The first-order valence-electron chi connectivity index (χ1n) is 6.63. The number of nitrogens with one attached hydrogen (secondary N) is 1. The molecule has 108 valence electrons. The maximum Gasteiger partial charge on any atom is 0.178 e. The van der Waals surface area contributed by atoms with E-state index in [1.165, 1.54) is 5.56 Å². The van der Waals surface area contributed by atoms with Gasteiger partial charge in [0.05, 0.1) is 17.1 Å². The number of nitrogens with zero attached hydrogens (tertiary/aromatic N) is 1. The monoisotopic (exact) mass is 336 g/mol. The molecule has 0 aliphatic heterocycles. The lowest BCUT2D eigenvalue weighted by atomic mass is 10.1. The fourth-order valence-electron chi connectivity index (χ4n) is 2.61. The molecule has 5 heteroatoms. The number of rotatable bonds is 2. The summed E-state index contributed by atoms with van der Waals surface area (Å²) in [5.41, 5.74) is 4.31. The lowest BCUT2D eigenvalue weighted by Crippen LogP contribution is -2.07. The summed E-state index contributed by atoms with van der Waals surface area (Å²) in [6.45, 7) is 4.14. The van der Waals surface area contributed by atoms with Crippen molar-refractivity contribution in [2.24, 2.45) is 0 Å². The summed E-state index contributed by atoms with van der Waals surface area (Å²) in [6, 6.07) is 11.8. The van der Waals surface area contributed by atoms with Crippen molar-refractivity contribution in [1.29, 1.82) is 0 Å². The van der Waals surface area contributed by atoms with Crippen LogP contribution in [0.15, 0.2) is 36.4 Å². The number of imidazole rings is 1. The van der Waals surface area contributed by atoms with Gasteiger partial charge in [-0.2, -0.15) is 0 Å². The molecule has 0 saturated heterocycles. The molecular weight excluding hydrogens is 323 g/mol. The minimum atomic E-state index is 0.0266. The number of aryl methyl sites for hydroxylation is 1. The quantitative estimate of drug-likeness (QED) is 0.575. The van der Waals surface area contributed by atoms with Crippen molar-refractivity contribution in [3.8, 4) is 0 Å². The lowest BCUT2D eigenvalue weighted by Gasteiger charge is -2.17. The maximum atomic E-state index is 6.33. The van der Waals surface area contributed by atoms with E-state index in [1.807, 2.05) is 12.1 Å². The Balaban J connectivity index is 2.19. The van der Waals surface area contributed by atoms with E-state index < -0.39 is 0 Å². The van der Waals surface area contributed by atoms with Crippen LogP contribution in [-0.2, 0) is 0 Å². The van der Waals surface area contributed by atoms with Gasteiger partial charge in [-0.3, -0.25) is 0 Å². The lowest BCUT2D eigenvalue weighted by molar-refractivity contribution is 0.649. The maximum absolute atomic E-state index is 6.33. The number of benzene rings is 2. The van der Waals surface area contributed by atoms with Gasteiger partial charge in [0, 0.05) is 10.0 Å². The molecule has 2 aromatic carbocycles. The molecule has 0 aliphatic rings. The van der Waals surface area contributed by atoms with Crippen molar-refractivity contribution in [3.05, 3.63) is 62.3 Å². The summed E-state index contributed by atoms with van der Waals surface area (Å²) >= 11 is 17.8. The van der Waals surface area contributed by atoms with E-state index in [-0.39, 0.29) is 6.04 Å². The van der Waals surface area contributed by atoms with E-state index in [9.17, 15) is 0 Å². The van der Waals surface area contributed by atoms with E-state index in [4.69, 9.17) is 35.4 Å². The molecule has 1 heterocycles. The molecule has 0 bridgehead atoms. The van der Waals surface area contributed by atoms with Gasteiger partial charge in [0.2, 0.25) is 0 Å². The standard InChI is InChI=1S/C16H14Cl2N2S/c1-9-3-6-15-14(7-9)19-16(21)20(15)10(2)12-5-4-11(17)8-13(12)18/h3-8,10H,1-2H3,(H,19,21). The summed E-state index contributed by atoms with van der Waals surface area (Å²) in [5, 5.41) is 1.28.